The highest BCUT2D eigenvalue weighted by molar-refractivity contribution is 6.21. The van der Waals surface area contributed by atoms with Gasteiger partial charge in [-0.1, -0.05) is 24.5 Å². The summed E-state index contributed by atoms with van der Waals surface area (Å²) in [6.07, 6.45) is 11.9. The van der Waals surface area contributed by atoms with Gasteiger partial charge in [-0.3, -0.25) is 0 Å². The van der Waals surface area contributed by atoms with Crippen LogP contribution in [0.2, 0.25) is 0 Å². The number of hydrogen-bond donors (Lipinski definition) is 0. The minimum atomic E-state index is 0.342. The van der Waals surface area contributed by atoms with E-state index in [1.165, 1.54) is 44.9 Å². The van der Waals surface area contributed by atoms with Crippen molar-refractivity contribution in [1.82, 2.24) is 0 Å². The largest absolute Gasteiger partial charge is 0.118 e. The van der Waals surface area contributed by atoms with Gasteiger partial charge in [0.1, 0.15) is 0 Å². The lowest BCUT2D eigenvalue weighted by atomic mass is 9.88. The lowest BCUT2D eigenvalue weighted by Crippen LogP contribution is -2.08. The Kier molecular flexibility index (Phi) is 2.75. The van der Waals surface area contributed by atoms with Gasteiger partial charge in [0.2, 0.25) is 0 Å². The number of halogens is 1. The molecule has 0 aromatic heterocycles. The highest BCUT2D eigenvalue weighted by Gasteiger charge is 2.22. The maximum absolute atomic E-state index is 6.11. The lowest BCUT2D eigenvalue weighted by Gasteiger charge is -2.21. The Morgan fingerprint density at radius 3 is 2.50 bits per heavy atom. The molecule has 1 unspecified atom stereocenters. The zero-order chi connectivity index (χ0) is 8.39. The maximum atomic E-state index is 6.11. The van der Waals surface area contributed by atoms with Gasteiger partial charge in [-0.2, -0.15) is 0 Å². The summed E-state index contributed by atoms with van der Waals surface area (Å²) in [6, 6.07) is 0. The van der Waals surface area contributed by atoms with Gasteiger partial charge in [-0.15, -0.1) is 11.6 Å². The van der Waals surface area contributed by atoms with E-state index >= 15 is 0 Å². The van der Waals surface area contributed by atoms with Crippen molar-refractivity contribution < 1.29 is 0 Å². The molecule has 0 spiro atoms. The standard InChI is InChI=1S/C11H17Cl/c12-11-7-3-6-10(8-11)9-4-1-2-5-9/h8-9,11H,1-7H2. The number of allylic oxidation sites excluding steroid dienone is 2. The second kappa shape index (κ2) is 3.83. The van der Waals surface area contributed by atoms with Gasteiger partial charge in [0.15, 0.2) is 0 Å². The Labute approximate surface area is 80.0 Å². The van der Waals surface area contributed by atoms with Gasteiger partial charge in [0.05, 0.1) is 5.38 Å². The molecule has 68 valence electrons. The molecule has 0 aromatic carbocycles. The molecule has 0 saturated heterocycles. The third kappa shape index (κ3) is 1.85. The molecule has 12 heavy (non-hydrogen) atoms. The van der Waals surface area contributed by atoms with Crippen molar-refractivity contribution in [3.05, 3.63) is 11.6 Å². The molecular formula is C11H17Cl. The van der Waals surface area contributed by atoms with Crippen molar-refractivity contribution in [3.8, 4) is 0 Å². The fourth-order valence-corrected chi connectivity index (χ4v) is 2.85. The molecule has 0 N–H and O–H groups in total. The van der Waals surface area contributed by atoms with E-state index in [0.29, 0.717) is 5.38 Å². The second-order valence-electron chi connectivity index (χ2n) is 4.13. The van der Waals surface area contributed by atoms with Gasteiger partial charge < -0.3 is 0 Å². The van der Waals surface area contributed by atoms with Crippen LogP contribution in [0, 0.1) is 5.92 Å². The minimum absolute atomic E-state index is 0.342. The van der Waals surface area contributed by atoms with Crippen LogP contribution < -0.4 is 0 Å². The van der Waals surface area contributed by atoms with Crippen LogP contribution in [0.15, 0.2) is 11.6 Å². The topological polar surface area (TPSA) is 0 Å². The second-order valence-corrected chi connectivity index (χ2v) is 4.69. The molecule has 0 amide bonds. The van der Waals surface area contributed by atoms with Gasteiger partial charge in [-0.25, -0.2) is 0 Å². The van der Waals surface area contributed by atoms with Crippen LogP contribution in [-0.2, 0) is 0 Å². The molecule has 1 heteroatoms. The summed E-state index contributed by atoms with van der Waals surface area (Å²) >= 11 is 6.11. The third-order valence-electron chi connectivity index (χ3n) is 3.22. The Bertz CT molecular complexity index is 177. The Balaban J connectivity index is 2.01. The molecule has 0 bridgehead atoms. The average molecular weight is 185 g/mol. The normalized spacial score (nSPS) is 32.1. The molecule has 2 aliphatic rings. The first-order valence-corrected chi connectivity index (χ1v) is 5.64. The fourth-order valence-electron chi connectivity index (χ4n) is 2.54. The van der Waals surface area contributed by atoms with Crippen LogP contribution in [0.4, 0.5) is 0 Å². The number of rotatable bonds is 1. The van der Waals surface area contributed by atoms with Crippen LogP contribution in [0.5, 0.6) is 0 Å². The molecule has 1 fully saturated rings. The van der Waals surface area contributed by atoms with E-state index in [-0.39, 0.29) is 0 Å². The fraction of sp³-hybridized carbons (Fsp3) is 0.818. The summed E-state index contributed by atoms with van der Waals surface area (Å²) in [5.41, 5.74) is 1.68. The van der Waals surface area contributed by atoms with Gasteiger partial charge in [0, 0.05) is 0 Å². The molecule has 0 heterocycles. The molecular weight excluding hydrogens is 168 g/mol. The zero-order valence-corrected chi connectivity index (χ0v) is 8.32. The molecule has 0 nitrogen and oxygen atoms in total. The molecule has 1 atom stereocenters. The highest BCUT2D eigenvalue weighted by Crippen LogP contribution is 2.36. The first kappa shape index (κ1) is 8.62. The monoisotopic (exact) mass is 184 g/mol. The Hall–Kier alpha value is 0.0300. The van der Waals surface area contributed by atoms with Crippen LogP contribution in [0.1, 0.15) is 44.9 Å². The summed E-state index contributed by atoms with van der Waals surface area (Å²) in [6.45, 7) is 0. The first-order chi connectivity index (χ1) is 5.86. The summed E-state index contributed by atoms with van der Waals surface area (Å²) in [5.74, 6) is 0.909. The summed E-state index contributed by atoms with van der Waals surface area (Å²) < 4.78 is 0. The van der Waals surface area contributed by atoms with E-state index in [4.69, 9.17) is 11.6 Å². The number of hydrogen-bond acceptors (Lipinski definition) is 0. The summed E-state index contributed by atoms with van der Waals surface area (Å²) in [7, 11) is 0. The van der Waals surface area contributed by atoms with Crippen molar-refractivity contribution >= 4 is 11.6 Å². The van der Waals surface area contributed by atoms with Crippen LogP contribution >= 0.6 is 11.6 Å². The first-order valence-electron chi connectivity index (χ1n) is 5.21. The van der Waals surface area contributed by atoms with Crippen molar-refractivity contribution in [2.75, 3.05) is 0 Å². The van der Waals surface area contributed by atoms with Gasteiger partial charge >= 0.3 is 0 Å². The van der Waals surface area contributed by atoms with Crippen LogP contribution in [-0.4, -0.2) is 5.38 Å². The van der Waals surface area contributed by atoms with Gasteiger partial charge in [0.25, 0.3) is 0 Å². The molecule has 0 aromatic rings. The summed E-state index contributed by atoms with van der Waals surface area (Å²) in [5, 5.41) is 0.342. The quantitative estimate of drug-likeness (QED) is 0.429. The van der Waals surface area contributed by atoms with E-state index in [9.17, 15) is 0 Å². The average Bonchev–Trinajstić information content (AvgIpc) is 2.56. The maximum Gasteiger partial charge on any atom is 0.0518 e. The molecule has 0 radical (unpaired) electrons. The van der Waals surface area contributed by atoms with Crippen molar-refractivity contribution in [2.24, 2.45) is 5.92 Å². The lowest BCUT2D eigenvalue weighted by molar-refractivity contribution is 0.566. The zero-order valence-electron chi connectivity index (χ0n) is 7.56. The van der Waals surface area contributed by atoms with Crippen molar-refractivity contribution in [1.29, 1.82) is 0 Å². The van der Waals surface area contributed by atoms with E-state index < -0.39 is 0 Å². The van der Waals surface area contributed by atoms with E-state index in [2.05, 4.69) is 6.08 Å². The molecule has 0 aliphatic heterocycles. The van der Waals surface area contributed by atoms with Gasteiger partial charge in [-0.05, 0) is 38.0 Å². The Morgan fingerprint density at radius 2 is 1.83 bits per heavy atom. The predicted molar refractivity (Wildman–Crippen MR) is 53.5 cm³/mol. The van der Waals surface area contributed by atoms with Crippen LogP contribution in [0.3, 0.4) is 0 Å². The molecule has 2 rings (SSSR count). The van der Waals surface area contributed by atoms with E-state index in [1.54, 1.807) is 5.57 Å². The number of alkyl halides is 1. The van der Waals surface area contributed by atoms with Crippen molar-refractivity contribution in [3.63, 3.8) is 0 Å². The van der Waals surface area contributed by atoms with Crippen molar-refractivity contribution in [2.45, 2.75) is 50.3 Å². The minimum Gasteiger partial charge on any atom is -0.118 e. The summed E-state index contributed by atoms with van der Waals surface area (Å²) in [4.78, 5) is 0. The molecule has 1 saturated carbocycles. The predicted octanol–water partition coefficient (Wildman–Crippen LogP) is 3.89. The SMILES string of the molecule is ClC1C=C(C2CCCC2)CCC1. The van der Waals surface area contributed by atoms with Crippen LogP contribution in [0.25, 0.3) is 0 Å². The highest BCUT2D eigenvalue weighted by atomic mass is 35.5. The third-order valence-corrected chi connectivity index (χ3v) is 3.56. The smallest absolute Gasteiger partial charge is 0.0518 e. The van der Waals surface area contributed by atoms with E-state index in [1.807, 2.05) is 0 Å². The Morgan fingerprint density at radius 1 is 1.08 bits per heavy atom. The molecule has 2 aliphatic carbocycles. The van der Waals surface area contributed by atoms with E-state index in [0.717, 1.165) is 5.92 Å².